The molecule has 4 rings (SSSR count). The van der Waals surface area contributed by atoms with Crippen molar-refractivity contribution >= 4 is 61.7 Å². The number of nitrogens with zero attached hydrogens (tertiary/aromatic N) is 2. The van der Waals surface area contributed by atoms with Gasteiger partial charge in [-0.3, -0.25) is 13.9 Å². The summed E-state index contributed by atoms with van der Waals surface area (Å²) in [5.74, 6) is -0.743. The Morgan fingerprint density at radius 2 is 1.59 bits per heavy atom. The van der Waals surface area contributed by atoms with E-state index in [0.29, 0.717) is 10.7 Å². The number of benzene rings is 3. The number of hydrogen-bond donors (Lipinski definition) is 1. The van der Waals surface area contributed by atoms with Gasteiger partial charge in [-0.2, -0.15) is 0 Å². The van der Waals surface area contributed by atoms with Crippen molar-refractivity contribution in [2.24, 2.45) is 0 Å². The van der Waals surface area contributed by atoms with Gasteiger partial charge in [0, 0.05) is 21.2 Å². The van der Waals surface area contributed by atoms with E-state index in [1.165, 1.54) is 17.0 Å². The minimum Gasteiger partial charge on any atom is -0.352 e. The predicted molar refractivity (Wildman–Crippen MR) is 162 cm³/mol. The van der Waals surface area contributed by atoms with Crippen LogP contribution < -0.4 is 9.62 Å². The second-order valence-corrected chi connectivity index (χ2v) is 13.2. The molecule has 1 aliphatic carbocycles. The SMILES string of the molecule is C[C@@H](C(=O)NC1CCCC1)N(Cc1ccc(Cl)cc1)C(=O)CN(c1ccc(I)cc1)S(=O)(=O)c1ccccc1. The van der Waals surface area contributed by atoms with Crippen LogP contribution in [-0.2, 0) is 26.2 Å². The summed E-state index contributed by atoms with van der Waals surface area (Å²) in [7, 11) is -4.07. The molecule has 0 saturated heterocycles. The number of hydrogen-bond acceptors (Lipinski definition) is 4. The molecule has 0 aliphatic heterocycles. The van der Waals surface area contributed by atoms with E-state index in [0.717, 1.165) is 39.1 Å². The first kappa shape index (κ1) is 29.4. The molecule has 206 valence electrons. The summed E-state index contributed by atoms with van der Waals surface area (Å²) >= 11 is 8.20. The van der Waals surface area contributed by atoms with Crippen LogP contribution in [0.4, 0.5) is 5.69 Å². The van der Waals surface area contributed by atoms with Gasteiger partial charge in [0.05, 0.1) is 10.6 Å². The molecule has 2 amide bonds. The zero-order valence-electron chi connectivity index (χ0n) is 21.6. The second-order valence-electron chi connectivity index (χ2n) is 9.62. The zero-order chi connectivity index (χ0) is 28.0. The molecule has 1 aliphatic rings. The van der Waals surface area contributed by atoms with Crippen molar-refractivity contribution in [3.05, 3.63) is 93.0 Å². The Bertz CT molecular complexity index is 1380. The lowest BCUT2D eigenvalue weighted by molar-refractivity contribution is -0.139. The topological polar surface area (TPSA) is 86.8 Å². The Labute approximate surface area is 248 Å². The third-order valence-electron chi connectivity index (χ3n) is 6.86. The van der Waals surface area contributed by atoms with E-state index in [9.17, 15) is 18.0 Å². The number of rotatable bonds is 10. The summed E-state index contributed by atoms with van der Waals surface area (Å²) in [4.78, 5) is 28.7. The maximum atomic E-state index is 13.9. The van der Waals surface area contributed by atoms with Gasteiger partial charge in [0.15, 0.2) is 0 Å². The summed E-state index contributed by atoms with van der Waals surface area (Å²) in [6.45, 7) is 1.34. The van der Waals surface area contributed by atoms with Crippen LogP contribution in [0.1, 0.15) is 38.2 Å². The Balaban J connectivity index is 1.66. The molecule has 0 spiro atoms. The molecule has 1 N–H and O–H groups in total. The highest BCUT2D eigenvalue weighted by Crippen LogP contribution is 2.26. The maximum Gasteiger partial charge on any atom is 0.264 e. The summed E-state index contributed by atoms with van der Waals surface area (Å²) in [6.07, 6.45) is 3.96. The molecule has 1 saturated carbocycles. The van der Waals surface area contributed by atoms with Gasteiger partial charge in [-0.1, -0.05) is 54.8 Å². The summed E-state index contributed by atoms with van der Waals surface area (Å²) in [5, 5.41) is 3.63. The van der Waals surface area contributed by atoms with E-state index in [-0.39, 0.29) is 23.4 Å². The lowest BCUT2D eigenvalue weighted by atomic mass is 10.1. The molecular formula is C29H31ClIN3O4S. The summed E-state index contributed by atoms with van der Waals surface area (Å²) in [5.41, 5.74) is 1.14. The first-order valence-electron chi connectivity index (χ1n) is 12.8. The van der Waals surface area contributed by atoms with Crippen molar-refractivity contribution < 1.29 is 18.0 Å². The molecule has 39 heavy (non-hydrogen) atoms. The highest BCUT2D eigenvalue weighted by Gasteiger charge is 2.33. The van der Waals surface area contributed by atoms with Crippen LogP contribution in [0.3, 0.4) is 0 Å². The number of anilines is 1. The highest BCUT2D eigenvalue weighted by atomic mass is 127. The van der Waals surface area contributed by atoms with Gasteiger partial charge in [0.25, 0.3) is 10.0 Å². The Kier molecular flexibility index (Phi) is 9.90. The van der Waals surface area contributed by atoms with Gasteiger partial charge in [0.1, 0.15) is 12.6 Å². The van der Waals surface area contributed by atoms with E-state index in [4.69, 9.17) is 11.6 Å². The van der Waals surface area contributed by atoms with Gasteiger partial charge in [-0.25, -0.2) is 8.42 Å². The quantitative estimate of drug-likeness (QED) is 0.282. The molecule has 0 radical (unpaired) electrons. The fourth-order valence-corrected chi connectivity index (χ4v) is 6.54. The van der Waals surface area contributed by atoms with E-state index >= 15 is 0 Å². The average Bonchev–Trinajstić information content (AvgIpc) is 3.45. The second kappa shape index (κ2) is 13.1. The van der Waals surface area contributed by atoms with Gasteiger partial charge < -0.3 is 10.2 Å². The zero-order valence-corrected chi connectivity index (χ0v) is 25.3. The maximum absolute atomic E-state index is 13.9. The molecular weight excluding hydrogens is 649 g/mol. The smallest absolute Gasteiger partial charge is 0.264 e. The minimum absolute atomic E-state index is 0.0765. The predicted octanol–water partition coefficient (Wildman–Crippen LogP) is 5.62. The molecule has 0 unspecified atom stereocenters. The normalized spacial score (nSPS) is 14.5. The van der Waals surface area contributed by atoms with E-state index in [2.05, 4.69) is 27.9 Å². The van der Waals surface area contributed by atoms with Crippen molar-refractivity contribution in [1.29, 1.82) is 0 Å². The van der Waals surface area contributed by atoms with E-state index in [1.807, 2.05) is 0 Å². The molecule has 3 aromatic carbocycles. The van der Waals surface area contributed by atoms with Gasteiger partial charge >= 0.3 is 0 Å². The lowest BCUT2D eigenvalue weighted by Crippen LogP contribution is -2.52. The number of amides is 2. The number of carbonyl (C=O) groups is 2. The van der Waals surface area contributed by atoms with Crippen molar-refractivity contribution in [3.8, 4) is 0 Å². The van der Waals surface area contributed by atoms with Crippen LogP contribution >= 0.6 is 34.2 Å². The fourth-order valence-electron chi connectivity index (χ4n) is 4.62. The average molecular weight is 680 g/mol. The van der Waals surface area contributed by atoms with E-state index < -0.39 is 28.5 Å². The monoisotopic (exact) mass is 679 g/mol. The minimum atomic E-state index is -4.07. The molecule has 0 bridgehead atoms. The number of halogens is 2. The summed E-state index contributed by atoms with van der Waals surface area (Å²) in [6, 6.07) is 21.3. The van der Waals surface area contributed by atoms with Gasteiger partial charge in [0.2, 0.25) is 11.8 Å². The highest BCUT2D eigenvalue weighted by molar-refractivity contribution is 14.1. The van der Waals surface area contributed by atoms with Crippen LogP contribution in [0.15, 0.2) is 83.8 Å². The summed E-state index contributed by atoms with van der Waals surface area (Å²) < 4.78 is 29.6. The molecule has 7 nitrogen and oxygen atoms in total. The molecule has 1 fully saturated rings. The Morgan fingerprint density at radius 1 is 0.974 bits per heavy atom. The van der Waals surface area contributed by atoms with Crippen LogP contribution in [0.5, 0.6) is 0 Å². The van der Waals surface area contributed by atoms with Gasteiger partial charge in [-0.15, -0.1) is 0 Å². The molecule has 1 atom stereocenters. The van der Waals surface area contributed by atoms with E-state index in [1.54, 1.807) is 73.7 Å². The first-order chi connectivity index (χ1) is 18.6. The number of nitrogens with one attached hydrogen (secondary N) is 1. The van der Waals surface area contributed by atoms with Crippen LogP contribution in [0.2, 0.25) is 5.02 Å². The molecule has 3 aromatic rings. The standard InChI is InChI=1S/C29H31ClIN3O4S/c1-21(29(36)32-25-7-5-6-8-25)33(19-22-11-13-23(30)14-12-22)28(35)20-34(26-17-15-24(31)16-18-26)39(37,38)27-9-3-2-4-10-27/h2-4,9-18,21,25H,5-8,19-20H2,1H3,(H,32,36)/t21-/m0/s1. The third-order valence-corrected chi connectivity index (χ3v) is 9.62. The van der Waals surface area contributed by atoms with Gasteiger partial charge in [-0.05, 0) is 96.5 Å². The largest absolute Gasteiger partial charge is 0.352 e. The lowest BCUT2D eigenvalue weighted by Gasteiger charge is -2.32. The van der Waals surface area contributed by atoms with Crippen molar-refractivity contribution in [1.82, 2.24) is 10.2 Å². The first-order valence-corrected chi connectivity index (χ1v) is 15.7. The fraction of sp³-hybridized carbons (Fsp3) is 0.310. The molecule has 10 heteroatoms. The van der Waals surface area contributed by atoms with Crippen molar-refractivity contribution in [2.75, 3.05) is 10.8 Å². The Morgan fingerprint density at radius 3 is 2.21 bits per heavy atom. The number of carbonyl (C=O) groups excluding carboxylic acids is 2. The molecule has 0 aromatic heterocycles. The van der Waals surface area contributed by atoms with Crippen molar-refractivity contribution in [2.45, 2.75) is 56.1 Å². The van der Waals surface area contributed by atoms with Crippen LogP contribution in [0.25, 0.3) is 0 Å². The van der Waals surface area contributed by atoms with Crippen molar-refractivity contribution in [3.63, 3.8) is 0 Å². The van der Waals surface area contributed by atoms with Crippen LogP contribution in [-0.4, -0.2) is 43.8 Å². The number of sulfonamides is 1. The van der Waals surface area contributed by atoms with Crippen LogP contribution in [0, 0.1) is 3.57 Å². The Hall–Kier alpha value is -2.63. The molecule has 0 heterocycles. The third kappa shape index (κ3) is 7.52.